The maximum absolute atomic E-state index is 11.6. The van der Waals surface area contributed by atoms with Crippen molar-refractivity contribution in [1.82, 2.24) is 4.90 Å². The van der Waals surface area contributed by atoms with E-state index in [0.717, 1.165) is 29.0 Å². The topological polar surface area (TPSA) is 65.7 Å². The Morgan fingerprint density at radius 1 is 1.38 bits per heavy atom. The fourth-order valence-corrected chi connectivity index (χ4v) is 2.47. The average Bonchev–Trinajstić information content (AvgIpc) is 2.96. The molecule has 1 aliphatic heterocycles. The Hall–Kier alpha value is -2.27. The molecule has 2 N–H and O–H groups in total. The van der Waals surface area contributed by atoms with Gasteiger partial charge in [0, 0.05) is 25.7 Å². The number of nitrogens with zero attached hydrogens (tertiary/aromatic N) is 1. The van der Waals surface area contributed by atoms with Crippen LogP contribution < -0.4 is 5.32 Å². The number of hydrogen-bond donors (Lipinski definition) is 2. The van der Waals surface area contributed by atoms with E-state index in [-0.39, 0.29) is 6.03 Å². The number of hydrogen-bond acceptors (Lipinski definition) is 3. The molecule has 21 heavy (non-hydrogen) atoms. The highest BCUT2D eigenvalue weighted by molar-refractivity contribution is 5.92. The lowest BCUT2D eigenvalue weighted by atomic mass is 10.0. The van der Waals surface area contributed by atoms with Crippen LogP contribution in [0, 0.1) is 0 Å². The number of carbonyl (C=O) groups excluding carboxylic acids is 1. The summed E-state index contributed by atoms with van der Waals surface area (Å²) >= 11 is 0. The van der Waals surface area contributed by atoms with Crippen molar-refractivity contribution in [2.45, 2.75) is 26.0 Å². The quantitative estimate of drug-likeness (QED) is 0.911. The number of anilines is 1. The molecule has 5 nitrogen and oxygen atoms in total. The maximum Gasteiger partial charge on any atom is 0.321 e. The van der Waals surface area contributed by atoms with Gasteiger partial charge in [-0.3, -0.25) is 0 Å². The third-order valence-electron chi connectivity index (χ3n) is 3.74. The number of urea groups is 1. The maximum atomic E-state index is 11.6. The zero-order chi connectivity index (χ0) is 15.0. The van der Waals surface area contributed by atoms with E-state index in [0.29, 0.717) is 12.3 Å². The van der Waals surface area contributed by atoms with Crippen molar-refractivity contribution in [3.63, 3.8) is 0 Å². The van der Waals surface area contributed by atoms with E-state index in [1.807, 2.05) is 31.2 Å². The zero-order valence-electron chi connectivity index (χ0n) is 12.1. The molecule has 1 unspecified atom stereocenters. The van der Waals surface area contributed by atoms with Gasteiger partial charge < -0.3 is 19.7 Å². The first-order valence-corrected chi connectivity index (χ1v) is 7.00. The predicted molar refractivity (Wildman–Crippen MR) is 79.1 cm³/mol. The number of fused-ring (bicyclic) bond motifs is 1. The summed E-state index contributed by atoms with van der Waals surface area (Å²) in [5.41, 5.74) is 2.54. The van der Waals surface area contributed by atoms with Crippen LogP contribution in [0.5, 0.6) is 0 Å². The minimum absolute atomic E-state index is 0.116. The summed E-state index contributed by atoms with van der Waals surface area (Å²) in [5.74, 6) is 1.40. The van der Waals surface area contributed by atoms with E-state index in [2.05, 4.69) is 5.32 Å². The zero-order valence-corrected chi connectivity index (χ0v) is 12.1. The highest BCUT2D eigenvalue weighted by atomic mass is 16.4. The Bertz CT molecular complexity index is 678. The van der Waals surface area contributed by atoms with Gasteiger partial charge in [0.05, 0.1) is 0 Å². The molecular weight excluding hydrogens is 268 g/mol. The molecule has 0 bridgehead atoms. The monoisotopic (exact) mass is 286 g/mol. The number of carbonyl (C=O) groups is 1. The van der Waals surface area contributed by atoms with Crippen LogP contribution in [0.1, 0.15) is 35.7 Å². The summed E-state index contributed by atoms with van der Waals surface area (Å²) in [6, 6.07) is 9.10. The molecule has 2 aromatic rings. The van der Waals surface area contributed by atoms with Gasteiger partial charge in [-0.2, -0.15) is 0 Å². The standard InChI is InChI=1S/C16H18N2O3/c1-3-12-5-7-14(21-12)15(19)10-4-6-13-11(8-10)9-18(2)16(20)17-13/h4-8,15,19H,3,9H2,1-2H3,(H,17,20). The number of furan rings is 1. The van der Waals surface area contributed by atoms with Gasteiger partial charge in [-0.1, -0.05) is 13.0 Å². The molecule has 1 aromatic carbocycles. The van der Waals surface area contributed by atoms with Crippen LogP contribution in [-0.2, 0) is 13.0 Å². The lowest BCUT2D eigenvalue weighted by Gasteiger charge is -2.26. The summed E-state index contributed by atoms with van der Waals surface area (Å²) in [6.45, 7) is 2.53. The largest absolute Gasteiger partial charge is 0.463 e. The van der Waals surface area contributed by atoms with Crippen molar-refractivity contribution < 1.29 is 14.3 Å². The van der Waals surface area contributed by atoms with Gasteiger partial charge in [0.25, 0.3) is 0 Å². The minimum atomic E-state index is -0.793. The Labute approximate surface area is 123 Å². The molecule has 5 heteroatoms. The molecule has 1 aromatic heterocycles. The summed E-state index contributed by atoms with van der Waals surface area (Å²) < 4.78 is 5.60. The van der Waals surface area contributed by atoms with E-state index in [9.17, 15) is 9.90 Å². The van der Waals surface area contributed by atoms with Crippen molar-refractivity contribution in [2.24, 2.45) is 0 Å². The molecule has 0 spiro atoms. The molecular formula is C16H18N2O3. The minimum Gasteiger partial charge on any atom is -0.463 e. The molecule has 0 radical (unpaired) electrons. The van der Waals surface area contributed by atoms with Crippen molar-refractivity contribution in [3.8, 4) is 0 Å². The van der Waals surface area contributed by atoms with Crippen molar-refractivity contribution in [1.29, 1.82) is 0 Å². The molecule has 2 heterocycles. The Balaban J connectivity index is 1.89. The van der Waals surface area contributed by atoms with E-state index >= 15 is 0 Å². The molecule has 2 amide bonds. The van der Waals surface area contributed by atoms with Crippen molar-refractivity contribution in [2.75, 3.05) is 12.4 Å². The second kappa shape index (κ2) is 5.26. The van der Waals surface area contributed by atoms with E-state index in [1.165, 1.54) is 0 Å². The second-order valence-electron chi connectivity index (χ2n) is 5.26. The van der Waals surface area contributed by atoms with Gasteiger partial charge in [0.2, 0.25) is 0 Å². The lowest BCUT2D eigenvalue weighted by Crippen LogP contribution is -2.35. The lowest BCUT2D eigenvalue weighted by molar-refractivity contribution is 0.186. The van der Waals surface area contributed by atoms with E-state index < -0.39 is 6.10 Å². The van der Waals surface area contributed by atoms with Crippen LogP contribution in [-0.4, -0.2) is 23.1 Å². The first kappa shape index (κ1) is 13.7. The smallest absolute Gasteiger partial charge is 0.321 e. The highest BCUT2D eigenvalue weighted by Crippen LogP contribution is 2.29. The summed E-state index contributed by atoms with van der Waals surface area (Å²) in [7, 11) is 1.74. The van der Waals surface area contributed by atoms with Crippen LogP contribution in [0.25, 0.3) is 0 Å². The fourth-order valence-electron chi connectivity index (χ4n) is 2.47. The summed E-state index contributed by atoms with van der Waals surface area (Å²) in [5, 5.41) is 13.2. The fraction of sp³-hybridized carbons (Fsp3) is 0.312. The number of benzene rings is 1. The number of amides is 2. The normalized spacial score (nSPS) is 15.6. The highest BCUT2D eigenvalue weighted by Gasteiger charge is 2.22. The third-order valence-corrected chi connectivity index (χ3v) is 3.74. The van der Waals surface area contributed by atoms with E-state index in [1.54, 1.807) is 18.0 Å². The van der Waals surface area contributed by atoms with Crippen molar-refractivity contribution in [3.05, 3.63) is 53.0 Å². The molecule has 0 saturated carbocycles. The molecule has 1 atom stereocenters. The van der Waals surface area contributed by atoms with Gasteiger partial charge in [-0.05, 0) is 35.4 Å². The number of rotatable bonds is 3. The van der Waals surface area contributed by atoms with Crippen LogP contribution in [0.4, 0.5) is 10.5 Å². The van der Waals surface area contributed by atoms with Gasteiger partial charge in [0.1, 0.15) is 17.6 Å². The van der Waals surface area contributed by atoms with Crippen LogP contribution in [0.15, 0.2) is 34.7 Å². The van der Waals surface area contributed by atoms with Crippen LogP contribution in [0.2, 0.25) is 0 Å². The Morgan fingerprint density at radius 3 is 2.90 bits per heavy atom. The van der Waals surface area contributed by atoms with Gasteiger partial charge in [-0.15, -0.1) is 0 Å². The molecule has 0 saturated heterocycles. The SMILES string of the molecule is CCc1ccc(C(O)c2ccc3c(c2)CN(C)C(=O)N3)o1. The molecule has 3 rings (SSSR count). The molecule has 110 valence electrons. The number of aliphatic hydroxyl groups excluding tert-OH is 1. The number of aliphatic hydroxyl groups is 1. The average molecular weight is 286 g/mol. The Morgan fingerprint density at radius 2 is 2.19 bits per heavy atom. The molecule has 0 fully saturated rings. The molecule has 1 aliphatic rings. The number of nitrogens with one attached hydrogen (secondary N) is 1. The van der Waals surface area contributed by atoms with Gasteiger partial charge in [-0.25, -0.2) is 4.79 Å². The second-order valence-corrected chi connectivity index (χ2v) is 5.26. The summed E-state index contributed by atoms with van der Waals surface area (Å²) in [6.07, 6.45) is 0.00632. The molecule has 0 aliphatic carbocycles. The van der Waals surface area contributed by atoms with Crippen LogP contribution >= 0.6 is 0 Å². The van der Waals surface area contributed by atoms with Gasteiger partial charge >= 0.3 is 6.03 Å². The first-order valence-electron chi connectivity index (χ1n) is 7.00. The predicted octanol–water partition coefficient (Wildman–Crippen LogP) is 2.90. The van der Waals surface area contributed by atoms with Gasteiger partial charge in [0.15, 0.2) is 0 Å². The third kappa shape index (κ3) is 2.52. The Kier molecular flexibility index (Phi) is 3.43. The summed E-state index contributed by atoms with van der Waals surface area (Å²) in [4.78, 5) is 13.2. The first-order chi connectivity index (χ1) is 10.1. The van der Waals surface area contributed by atoms with Crippen molar-refractivity contribution >= 4 is 11.7 Å². The van der Waals surface area contributed by atoms with Crippen LogP contribution in [0.3, 0.4) is 0 Å². The number of aryl methyl sites for hydroxylation is 1. The van der Waals surface area contributed by atoms with E-state index in [4.69, 9.17) is 4.42 Å².